The third-order valence-electron chi connectivity index (χ3n) is 4.50. The Morgan fingerprint density at radius 2 is 1.84 bits per heavy atom. The Labute approximate surface area is 187 Å². The summed E-state index contributed by atoms with van der Waals surface area (Å²) in [5.41, 5.74) is -0.609. The Kier molecular flexibility index (Phi) is 6.35. The van der Waals surface area contributed by atoms with Gasteiger partial charge in [-0.2, -0.15) is 5.10 Å². The van der Waals surface area contributed by atoms with Crippen LogP contribution in [-0.2, 0) is 0 Å². The van der Waals surface area contributed by atoms with Gasteiger partial charge in [-0.25, -0.2) is 4.68 Å². The Balaban J connectivity index is 2.03. The van der Waals surface area contributed by atoms with Gasteiger partial charge in [-0.3, -0.25) is 24.5 Å². The maximum absolute atomic E-state index is 12.8. The Morgan fingerprint density at radius 1 is 1.16 bits per heavy atom. The Hall–Kier alpha value is -4.05. The maximum atomic E-state index is 12.8. The van der Waals surface area contributed by atoms with Crippen molar-refractivity contribution in [3.63, 3.8) is 0 Å². The first kappa shape index (κ1) is 22.6. The highest BCUT2D eigenvalue weighted by Gasteiger charge is 2.21. The van der Waals surface area contributed by atoms with E-state index in [2.05, 4.69) is 10.4 Å². The summed E-state index contributed by atoms with van der Waals surface area (Å²) in [7, 11) is 3.16. The van der Waals surface area contributed by atoms with E-state index >= 15 is 0 Å². The van der Waals surface area contributed by atoms with E-state index in [9.17, 15) is 24.5 Å². The van der Waals surface area contributed by atoms with Crippen LogP contribution in [0.25, 0.3) is 5.69 Å². The lowest BCUT2D eigenvalue weighted by atomic mass is 10.1. The van der Waals surface area contributed by atoms with Gasteiger partial charge < -0.3 is 10.2 Å². The van der Waals surface area contributed by atoms with Crippen LogP contribution in [-0.4, -0.2) is 45.5 Å². The predicted octanol–water partition coefficient (Wildman–Crippen LogP) is 3.06. The number of hydrogen-bond acceptors (Lipinski definition) is 6. The zero-order valence-electron chi connectivity index (χ0n) is 17.3. The van der Waals surface area contributed by atoms with Crippen LogP contribution < -0.4 is 10.7 Å². The second-order valence-electron chi connectivity index (χ2n) is 7.00. The van der Waals surface area contributed by atoms with E-state index in [0.29, 0.717) is 5.69 Å². The van der Waals surface area contributed by atoms with Crippen LogP contribution >= 0.6 is 11.6 Å². The number of halogens is 1. The third-order valence-corrected chi connectivity index (χ3v) is 4.83. The highest BCUT2D eigenvalue weighted by Crippen LogP contribution is 2.25. The summed E-state index contributed by atoms with van der Waals surface area (Å²) in [6.07, 6.45) is 0. The van der Waals surface area contributed by atoms with Gasteiger partial charge in [0.25, 0.3) is 17.5 Å². The van der Waals surface area contributed by atoms with E-state index < -0.39 is 22.0 Å². The summed E-state index contributed by atoms with van der Waals surface area (Å²) in [5.74, 6) is -1.18. The first-order valence-electron chi connectivity index (χ1n) is 9.27. The average Bonchev–Trinajstić information content (AvgIpc) is 2.74. The second kappa shape index (κ2) is 8.98. The Bertz CT molecular complexity index is 1300. The molecule has 32 heavy (non-hydrogen) atoms. The van der Waals surface area contributed by atoms with Gasteiger partial charge in [0.15, 0.2) is 5.69 Å². The third kappa shape index (κ3) is 4.49. The minimum absolute atomic E-state index is 0.0978. The van der Waals surface area contributed by atoms with Crippen molar-refractivity contribution < 1.29 is 14.5 Å². The molecule has 0 fully saturated rings. The van der Waals surface area contributed by atoms with Gasteiger partial charge in [0.2, 0.25) is 5.43 Å². The number of rotatable bonds is 5. The average molecular weight is 456 g/mol. The zero-order chi connectivity index (χ0) is 23.6. The molecule has 3 aromatic rings. The molecule has 10 nitrogen and oxygen atoms in total. The molecule has 0 spiro atoms. The van der Waals surface area contributed by atoms with Crippen LogP contribution in [0.1, 0.15) is 26.5 Å². The molecule has 1 heterocycles. The number of carbonyl (C=O) groups excluding carboxylic acids is 2. The number of benzene rings is 2. The van der Waals surface area contributed by atoms with E-state index in [4.69, 9.17) is 11.6 Å². The topological polar surface area (TPSA) is 127 Å². The number of hydrogen-bond donors (Lipinski definition) is 1. The number of carbonyl (C=O) groups is 2. The van der Waals surface area contributed by atoms with Crippen molar-refractivity contribution in [2.45, 2.75) is 6.92 Å². The van der Waals surface area contributed by atoms with Crippen LogP contribution in [0.4, 0.5) is 11.4 Å². The summed E-state index contributed by atoms with van der Waals surface area (Å²) in [6, 6.07) is 11.3. The van der Waals surface area contributed by atoms with Gasteiger partial charge >= 0.3 is 0 Å². The zero-order valence-corrected chi connectivity index (χ0v) is 18.1. The van der Waals surface area contributed by atoms with Crippen molar-refractivity contribution in [2.75, 3.05) is 19.4 Å². The minimum atomic E-state index is -0.876. The van der Waals surface area contributed by atoms with E-state index in [1.54, 1.807) is 27.1 Å². The normalized spacial score (nSPS) is 10.5. The molecular weight excluding hydrogens is 438 g/mol. The van der Waals surface area contributed by atoms with Gasteiger partial charge in [0, 0.05) is 37.5 Å². The summed E-state index contributed by atoms with van der Waals surface area (Å²) < 4.78 is 1.15. The standard InChI is InChI=1S/C21H18ClN5O5/c1-12-10-18(28)19(24-26(12)16-6-4-5-7-17(16)27(31)32)20(29)23-15-11-13(8-9-14(15)22)21(30)25(2)3/h4-11H,1-3H3,(H,23,29). The molecule has 0 saturated carbocycles. The highest BCUT2D eigenvalue weighted by molar-refractivity contribution is 6.34. The van der Waals surface area contributed by atoms with Crippen molar-refractivity contribution in [1.82, 2.24) is 14.7 Å². The fourth-order valence-corrected chi connectivity index (χ4v) is 3.10. The van der Waals surface area contributed by atoms with Crippen LogP contribution in [0.2, 0.25) is 5.02 Å². The van der Waals surface area contributed by atoms with E-state index in [-0.39, 0.29) is 33.6 Å². The first-order chi connectivity index (χ1) is 15.1. The molecule has 164 valence electrons. The van der Waals surface area contributed by atoms with Crippen LogP contribution in [0.5, 0.6) is 0 Å². The smallest absolute Gasteiger partial charge is 0.294 e. The largest absolute Gasteiger partial charge is 0.345 e. The molecule has 11 heteroatoms. The molecule has 0 bridgehead atoms. The molecule has 0 aliphatic heterocycles. The number of aryl methyl sites for hydroxylation is 1. The number of anilines is 1. The molecule has 1 aromatic heterocycles. The van der Waals surface area contributed by atoms with E-state index in [0.717, 1.165) is 10.7 Å². The number of nitro groups is 1. The Morgan fingerprint density at radius 3 is 2.50 bits per heavy atom. The quantitative estimate of drug-likeness (QED) is 0.465. The van der Waals surface area contributed by atoms with Gasteiger partial charge in [-0.15, -0.1) is 0 Å². The highest BCUT2D eigenvalue weighted by atomic mass is 35.5. The van der Waals surface area contributed by atoms with Gasteiger partial charge in [0.05, 0.1) is 15.6 Å². The number of amides is 2. The number of nitrogens with one attached hydrogen (secondary N) is 1. The number of para-hydroxylation sites is 2. The fraction of sp³-hybridized carbons (Fsp3) is 0.143. The fourth-order valence-electron chi connectivity index (χ4n) is 2.94. The summed E-state index contributed by atoms with van der Waals surface area (Å²) in [5, 5.41) is 18.1. The first-order valence-corrected chi connectivity index (χ1v) is 9.65. The van der Waals surface area contributed by atoms with Crippen molar-refractivity contribution in [1.29, 1.82) is 0 Å². The lowest BCUT2D eigenvalue weighted by Crippen LogP contribution is -2.27. The lowest BCUT2D eigenvalue weighted by Gasteiger charge is -2.14. The lowest BCUT2D eigenvalue weighted by molar-refractivity contribution is -0.384. The molecule has 0 radical (unpaired) electrons. The number of nitrogens with zero attached hydrogens (tertiary/aromatic N) is 4. The molecule has 2 amide bonds. The van der Waals surface area contributed by atoms with Crippen LogP contribution in [0, 0.1) is 17.0 Å². The molecule has 2 aromatic carbocycles. The van der Waals surface area contributed by atoms with Crippen molar-refractivity contribution in [3.05, 3.63) is 90.8 Å². The molecule has 1 N–H and O–H groups in total. The van der Waals surface area contributed by atoms with Gasteiger partial charge in [-0.1, -0.05) is 23.7 Å². The molecule has 0 unspecified atom stereocenters. The molecule has 0 aliphatic carbocycles. The van der Waals surface area contributed by atoms with Crippen LogP contribution in [0.3, 0.4) is 0 Å². The number of aromatic nitrogens is 2. The SMILES string of the molecule is Cc1cc(=O)c(C(=O)Nc2cc(C(=O)N(C)C)ccc2Cl)nn1-c1ccccc1[N+](=O)[O-]. The summed E-state index contributed by atoms with van der Waals surface area (Å²) in [4.78, 5) is 49.7. The maximum Gasteiger partial charge on any atom is 0.294 e. The molecule has 0 atom stereocenters. The van der Waals surface area contributed by atoms with Crippen LogP contribution in [0.15, 0.2) is 53.3 Å². The van der Waals surface area contributed by atoms with E-state index in [1.807, 2.05) is 0 Å². The molecular formula is C21H18ClN5O5. The van der Waals surface area contributed by atoms with E-state index in [1.165, 1.54) is 41.3 Å². The summed E-state index contributed by atoms with van der Waals surface area (Å²) in [6.45, 7) is 1.54. The van der Waals surface area contributed by atoms with Crippen molar-refractivity contribution in [3.8, 4) is 5.69 Å². The van der Waals surface area contributed by atoms with Crippen molar-refractivity contribution >= 4 is 34.8 Å². The van der Waals surface area contributed by atoms with Crippen molar-refractivity contribution in [2.24, 2.45) is 0 Å². The minimum Gasteiger partial charge on any atom is -0.345 e. The monoisotopic (exact) mass is 455 g/mol. The second-order valence-corrected chi connectivity index (χ2v) is 7.41. The molecule has 3 rings (SSSR count). The molecule has 0 aliphatic rings. The number of nitro benzene ring substituents is 1. The predicted molar refractivity (Wildman–Crippen MR) is 119 cm³/mol. The van der Waals surface area contributed by atoms with Gasteiger partial charge in [-0.05, 0) is 31.2 Å². The van der Waals surface area contributed by atoms with Gasteiger partial charge in [0.1, 0.15) is 5.69 Å². The molecule has 0 saturated heterocycles. The summed E-state index contributed by atoms with van der Waals surface area (Å²) >= 11 is 6.14.